The van der Waals surface area contributed by atoms with E-state index in [0.717, 1.165) is 6.42 Å². The van der Waals surface area contributed by atoms with E-state index < -0.39 is 0 Å². The van der Waals surface area contributed by atoms with Gasteiger partial charge in [-0.15, -0.1) is 0 Å². The Morgan fingerprint density at radius 1 is 1.53 bits per heavy atom. The van der Waals surface area contributed by atoms with Crippen molar-refractivity contribution < 1.29 is 9.32 Å². The molecule has 0 bridgehead atoms. The number of rotatable bonds is 5. The minimum atomic E-state index is 0.0706. The topological polar surface area (TPSA) is 68.0 Å². The van der Waals surface area contributed by atoms with Gasteiger partial charge in [0.2, 0.25) is 11.8 Å². The first kappa shape index (κ1) is 11.7. The summed E-state index contributed by atoms with van der Waals surface area (Å²) in [6.45, 7) is 5.66. The highest BCUT2D eigenvalue weighted by atomic mass is 16.5. The fourth-order valence-electron chi connectivity index (χ4n) is 1.24. The van der Waals surface area contributed by atoms with Crippen LogP contribution in [0.3, 0.4) is 0 Å². The molecule has 1 heterocycles. The third-order valence-electron chi connectivity index (χ3n) is 1.81. The maximum Gasteiger partial charge on any atom is 0.226 e. The fourth-order valence-corrected chi connectivity index (χ4v) is 1.24. The van der Waals surface area contributed by atoms with Crippen molar-refractivity contribution in [3.05, 3.63) is 11.7 Å². The van der Waals surface area contributed by atoms with E-state index in [0.29, 0.717) is 24.6 Å². The number of aromatic nitrogens is 2. The minimum absolute atomic E-state index is 0.0706. The van der Waals surface area contributed by atoms with Crippen LogP contribution in [0.5, 0.6) is 0 Å². The molecule has 0 spiro atoms. The largest absolute Gasteiger partial charge is 0.354 e. The molecule has 1 aromatic rings. The number of nitrogens with one attached hydrogen (secondary N) is 1. The third-order valence-corrected chi connectivity index (χ3v) is 1.81. The van der Waals surface area contributed by atoms with Gasteiger partial charge in [-0.2, -0.15) is 4.98 Å². The Labute approximate surface area is 89.2 Å². The standard InChI is InChI=1S/C10H17N3O2/c1-7(2)11-9(14)5-4-6-10-12-8(3)13-15-10/h7H,4-6H2,1-3H3,(H,11,14). The van der Waals surface area contributed by atoms with Crippen LogP contribution >= 0.6 is 0 Å². The van der Waals surface area contributed by atoms with E-state index in [1.165, 1.54) is 0 Å². The lowest BCUT2D eigenvalue weighted by atomic mass is 10.2. The zero-order valence-corrected chi connectivity index (χ0v) is 9.41. The van der Waals surface area contributed by atoms with Crippen molar-refractivity contribution in [3.8, 4) is 0 Å². The molecular weight excluding hydrogens is 194 g/mol. The van der Waals surface area contributed by atoms with Crippen molar-refractivity contribution in [2.45, 2.75) is 46.1 Å². The molecule has 0 radical (unpaired) electrons. The van der Waals surface area contributed by atoms with Crippen LogP contribution in [0.2, 0.25) is 0 Å². The summed E-state index contributed by atoms with van der Waals surface area (Å²) in [4.78, 5) is 15.3. The van der Waals surface area contributed by atoms with Crippen LogP contribution in [0.15, 0.2) is 4.52 Å². The molecule has 5 heteroatoms. The summed E-state index contributed by atoms with van der Waals surface area (Å²) in [5.74, 6) is 1.31. The highest BCUT2D eigenvalue weighted by molar-refractivity contribution is 5.76. The summed E-state index contributed by atoms with van der Waals surface area (Å²) < 4.78 is 4.93. The number of aryl methyl sites for hydroxylation is 2. The van der Waals surface area contributed by atoms with E-state index in [2.05, 4.69) is 15.5 Å². The summed E-state index contributed by atoms with van der Waals surface area (Å²) in [6, 6.07) is 0.197. The first-order valence-corrected chi connectivity index (χ1v) is 5.16. The van der Waals surface area contributed by atoms with Crippen molar-refractivity contribution in [2.24, 2.45) is 0 Å². The van der Waals surface area contributed by atoms with E-state index in [4.69, 9.17) is 4.52 Å². The molecule has 1 N–H and O–H groups in total. The summed E-state index contributed by atoms with van der Waals surface area (Å²) >= 11 is 0. The van der Waals surface area contributed by atoms with Gasteiger partial charge in [0.1, 0.15) is 0 Å². The van der Waals surface area contributed by atoms with Crippen LogP contribution in [0, 0.1) is 6.92 Å². The lowest BCUT2D eigenvalue weighted by Crippen LogP contribution is -2.29. The number of hydrogen-bond donors (Lipinski definition) is 1. The Hall–Kier alpha value is -1.39. The second-order valence-corrected chi connectivity index (χ2v) is 3.81. The van der Waals surface area contributed by atoms with E-state index in [-0.39, 0.29) is 11.9 Å². The van der Waals surface area contributed by atoms with Crippen molar-refractivity contribution in [1.29, 1.82) is 0 Å². The van der Waals surface area contributed by atoms with Crippen molar-refractivity contribution in [2.75, 3.05) is 0 Å². The van der Waals surface area contributed by atoms with Gasteiger partial charge in [0.15, 0.2) is 5.82 Å². The Morgan fingerprint density at radius 3 is 2.80 bits per heavy atom. The quantitative estimate of drug-likeness (QED) is 0.795. The second-order valence-electron chi connectivity index (χ2n) is 3.81. The Morgan fingerprint density at radius 2 is 2.27 bits per heavy atom. The van der Waals surface area contributed by atoms with E-state index in [1.54, 1.807) is 6.92 Å². The van der Waals surface area contributed by atoms with Crippen LogP contribution in [0.25, 0.3) is 0 Å². The average molecular weight is 211 g/mol. The second kappa shape index (κ2) is 5.48. The van der Waals surface area contributed by atoms with Crippen LogP contribution in [0.4, 0.5) is 0 Å². The van der Waals surface area contributed by atoms with Crippen LogP contribution in [0.1, 0.15) is 38.4 Å². The van der Waals surface area contributed by atoms with Gasteiger partial charge in [0.25, 0.3) is 0 Å². The first-order valence-electron chi connectivity index (χ1n) is 5.16. The smallest absolute Gasteiger partial charge is 0.226 e. The molecule has 0 saturated heterocycles. The maximum atomic E-state index is 11.3. The molecule has 0 aliphatic carbocycles. The average Bonchev–Trinajstić information content (AvgIpc) is 2.50. The number of hydrogen-bond acceptors (Lipinski definition) is 4. The van der Waals surface area contributed by atoms with E-state index in [1.807, 2.05) is 13.8 Å². The third kappa shape index (κ3) is 4.58. The summed E-state index contributed by atoms with van der Waals surface area (Å²) in [6.07, 6.45) is 1.89. The highest BCUT2D eigenvalue weighted by Gasteiger charge is 2.06. The normalized spacial score (nSPS) is 10.7. The van der Waals surface area contributed by atoms with Crippen molar-refractivity contribution in [3.63, 3.8) is 0 Å². The summed E-state index contributed by atoms with van der Waals surface area (Å²) in [7, 11) is 0. The summed E-state index contributed by atoms with van der Waals surface area (Å²) in [5, 5.41) is 6.50. The lowest BCUT2D eigenvalue weighted by Gasteiger charge is -2.06. The Kier molecular flexibility index (Phi) is 4.27. The van der Waals surface area contributed by atoms with Gasteiger partial charge >= 0.3 is 0 Å². The maximum absolute atomic E-state index is 11.3. The highest BCUT2D eigenvalue weighted by Crippen LogP contribution is 2.02. The predicted octanol–water partition coefficient (Wildman–Crippen LogP) is 1.23. The molecule has 0 aliphatic heterocycles. The van der Waals surface area contributed by atoms with Crippen LogP contribution in [-0.2, 0) is 11.2 Å². The molecule has 15 heavy (non-hydrogen) atoms. The summed E-state index contributed by atoms with van der Waals surface area (Å²) in [5.41, 5.74) is 0. The molecule has 1 aromatic heterocycles. The number of carbonyl (C=O) groups is 1. The first-order chi connectivity index (χ1) is 7.08. The molecule has 0 fully saturated rings. The van der Waals surface area contributed by atoms with Crippen LogP contribution < -0.4 is 5.32 Å². The van der Waals surface area contributed by atoms with Crippen molar-refractivity contribution in [1.82, 2.24) is 15.5 Å². The SMILES string of the molecule is Cc1noc(CCCC(=O)NC(C)C)n1. The van der Waals surface area contributed by atoms with E-state index in [9.17, 15) is 4.79 Å². The zero-order chi connectivity index (χ0) is 11.3. The molecule has 5 nitrogen and oxygen atoms in total. The molecule has 0 aliphatic rings. The molecule has 0 unspecified atom stereocenters. The van der Waals surface area contributed by atoms with Gasteiger partial charge in [-0.25, -0.2) is 0 Å². The number of carbonyl (C=O) groups excluding carboxylic acids is 1. The van der Waals surface area contributed by atoms with E-state index >= 15 is 0 Å². The fraction of sp³-hybridized carbons (Fsp3) is 0.700. The molecule has 0 atom stereocenters. The molecular formula is C10H17N3O2. The minimum Gasteiger partial charge on any atom is -0.354 e. The predicted molar refractivity (Wildman–Crippen MR) is 55.3 cm³/mol. The molecule has 84 valence electrons. The molecule has 1 rings (SSSR count). The van der Waals surface area contributed by atoms with Gasteiger partial charge in [-0.3, -0.25) is 4.79 Å². The number of nitrogens with zero attached hydrogens (tertiary/aromatic N) is 2. The Bertz CT molecular complexity index is 320. The van der Waals surface area contributed by atoms with Gasteiger partial charge in [-0.1, -0.05) is 5.16 Å². The molecule has 0 aromatic carbocycles. The molecule has 0 saturated carbocycles. The van der Waals surface area contributed by atoms with Crippen LogP contribution in [-0.4, -0.2) is 22.1 Å². The van der Waals surface area contributed by atoms with Crippen molar-refractivity contribution >= 4 is 5.91 Å². The number of amides is 1. The lowest BCUT2D eigenvalue weighted by molar-refractivity contribution is -0.121. The van der Waals surface area contributed by atoms with Gasteiger partial charge in [0, 0.05) is 18.9 Å². The van der Waals surface area contributed by atoms with Gasteiger partial charge in [0.05, 0.1) is 0 Å². The Balaban J connectivity index is 2.19. The monoisotopic (exact) mass is 211 g/mol. The zero-order valence-electron chi connectivity index (χ0n) is 9.41. The molecule has 1 amide bonds. The van der Waals surface area contributed by atoms with Gasteiger partial charge in [-0.05, 0) is 27.2 Å². The van der Waals surface area contributed by atoms with Gasteiger partial charge < -0.3 is 9.84 Å².